The van der Waals surface area contributed by atoms with Gasteiger partial charge >= 0.3 is 0 Å². The molecule has 1 fully saturated rings. The van der Waals surface area contributed by atoms with Gasteiger partial charge in [0.05, 0.1) is 6.54 Å². The second kappa shape index (κ2) is 10.2. The summed E-state index contributed by atoms with van der Waals surface area (Å²) in [5.74, 6) is 0.173. The van der Waals surface area contributed by atoms with E-state index < -0.39 is 0 Å². The monoisotopic (exact) mass is 283 g/mol. The van der Waals surface area contributed by atoms with Gasteiger partial charge in [-0.05, 0) is 52.1 Å². The number of unbranched alkanes of at least 4 members (excludes halogenated alkanes) is 1. The fraction of sp³-hybridized carbons (Fsp3) is 0.938. The molecule has 0 spiro atoms. The highest BCUT2D eigenvalue weighted by atomic mass is 16.2. The van der Waals surface area contributed by atoms with Crippen LogP contribution in [0, 0.1) is 0 Å². The van der Waals surface area contributed by atoms with Crippen LogP contribution in [0.4, 0.5) is 0 Å². The zero-order chi connectivity index (χ0) is 14.8. The lowest BCUT2D eigenvalue weighted by molar-refractivity contribution is -0.122. The number of amides is 1. The zero-order valence-electron chi connectivity index (χ0n) is 13.6. The van der Waals surface area contributed by atoms with E-state index in [2.05, 4.69) is 36.4 Å². The predicted molar refractivity (Wildman–Crippen MR) is 84.9 cm³/mol. The minimum absolute atomic E-state index is 0.173. The van der Waals surface area contributed by atoms with Crippen molar-refractivity contribution in [2.24, 2.45) is 0 Å². The lowest BCUT2D eigenvalue weighted by Crippen LogP contribution is -2.44. The maximum Gasteiger partial charge on any atom is 0.234 e. The van der Waals surface area contributed by atoms with E-state index in [1.54, 1.807) is 0 Å². The van der Waals surface area contributed by atoms with Crippen molar-refractivity contribution in [3.8, 4) is 0 Å². The Morgan fingerprint density at radius 2 is 1.80 bits per heavy atom. The molecule has 1 rings (SSSR count). The standard InChI is InChI=1S/C16H33N3O/c1-4-6-12-18-16(20)13-19(3)15-9-7-14(8-10-15)17-11-5-2/h14-15,17H,4-13H2,1-3H3,(H,18,20). The molecule has 0 unspecified atom stereocenters. The smallest absolute Gasteiger partial charge is 0.234 e. The second-order valence-corrected chi connectivity index (χ2v) is 6.08. The molecule has 0 atom stereocenters. The van der Waals surface area contributed by atoms with Crippen LogP contribution in [0.2, 0.25) is 0 Å². The van der Waals surface area contributed by atoms with Gasteiger partial charge in [0.1, 0.15) is 0 Å². The molecule has 20 heavy (non-hydrogen) atoms. The third-order valence-corrected chi connectivity index (χ3v) is 4.25. The number of rotatable bonds is 9. The van der Waals surface area contributed by atoms with Gasteiger partial charge in [0.25, 0.3) is 0 Å². The fourth-order valence-corrected chi connectivity index (χ4v) is 2.89. The lowest BCUT2D eigenvalue weighted by Gasteiger charge is -2.34. The first-order chi connectivity index (χ1) is 9.67. The van der Waals surface area contributed by atoms with Crippen LogP contribution >= 0.6 is 0 Å². The number of hydrogen-bond donors (Lipinski definition) is 2. The molecule has 0 radical (unpaired) electrons. The van der Waals surface area contributed by atoms with Crippen LogP contribution in [0.1, 0.15) is 58.8 Å². The zero-order valence-corrected chi connectivity index (χ0v) is 13.6. The van der Waals surface area contributed by atoms with E-state index in [0.29, 0.717) is 18.6 Å². The first-order valence-electron chi connectivity index (χ1n) is 8.37. The van der Waals surface area contributed by atoms with E-state index in [-0.39, 0.29) is 5.91 Å². The van der Waals surface area contributed by atoms with Crippen molar-refractivity contribution in [3.05, 3.63) is 0 Å². The van der Waals surface area contributed by atoms with E-state index in [9.17, 15) is 4.79 Å². The summed E-state index contributed by atoms with van der Waals surface area (Å²) in [6.07, 6.45) is 8.31. The Labute approximate surface area is 124 Å². The first kappa shape index (κ1) is 17.4. The molecular weight excluding hydrogens is 250 g/mol. The molecule has 0 aromatic heterocycles. The Hall–Kier alpha value is -0.610. The van der Waals surface area contributed by atoms with Gasteiger partial charge in [-0.1, -0.05) is 20.3 Å². The van der Waals surface area contributed by atoms with E-state index in [1.807, 2.05) is 0 Å². The Balaban J connectivity index is 2.18. The molecule has 0 heterocycles. The highest BCUT2D eigenvalue weighted by Crippen LogP contribution is 2.22. The van der Waals surface area contributed by atoms with Crippen LogP contribution in [-0.4, -0.2) is 49.6 Å². The molecule has 1 amide bonds. The van der Waals surface area contributed by atoms with Crippen LogP contribution in [-0.2, 0) is 4.79 Å². The minimum atomic E-state index is 0.173. The molecule has 1 saturated carbocycles. The molecule has 118 valence electrons. The molecule has 0 aromatic rings. The fourth-order valence-electron chi connectivity index (χ4n) is 2.89. The summed E-state index contributed by atoms with van der Waals surface area (Å²) in [4.78, 5) is 14.0. The van der Waals surface area contributed by atoms with E-state index >= 15 is 0 Å². The van der Waals surface area contributed by atoms with Gasteiger partial charge < -0.3 is 10.6 Å². The summed E-state index contributed by atoms with van der Waals surface area (Å²) in [5.41, 5.74) is 0. The highest BCUT2D eigenvalue weighted by Gasteiger charge is 2.24. The summed E-state index contributed by atoms with van der Waals surface area (Å²) in [6.45, 7) is 6.84. The van der Waals surface area contributed by atoms with Crippen molar-refractivity contribution in [2.45, 2.75) is 70.9 Å². The molecule has 2 N–H and O–H groups in total. The molecule has 4 nitrogen and oxygen atoms in total. The Bertz CT molecular complexity index is 262. The summed E-state index contributed by atoms with van der Waals surface area (Å²) >= 11 is 0. The maximum atomic E-state index is 11.8. The van der Waals surface area contributed by atoms with E-state index in [0.717, 1.165) is 25.9 Å². The molecular formula is C16H33N3O. The second-order valence-electron chi connectivity index (χ2n) is 6.08. The Morgan fingerprint density at radius 1 is 1.10 bits per heavy atom. The summed E-state index contributed by atoms with van der Waals surface area (Å²) in [5, 5.41) is 6.61. The van der Waals surface area contributed by atoms with Crippen LogP contribution in [0.15, 0.2) is 0 Å². The number of likely N-dealkylation sites (N-methyl/N-ethyl adjacent to an activating group) is 1. The van der Waals surface area contributed by atoms with Crippen molar-refractivity contribution in [1.29, 1.82) is 0 Å². The minimum Gasteiger partial charge on any atom is -0.355 e. The SMILES string of the molecule is CCCCNC(=O)CN(C)C1CCC(NCCC)CC1. The Kier molecular flexibility index (Phi) is 8.86. The van der Waals surface area contributed by atoms with Gasteiger partial charge in [-0.3, -0.25) is 9.69 Å². The molecule has 0 saturated heterocycles. The predicted octanol–water partition coefficient (Wildman–Crippen LogP) is 2.15. The van der Waals surface area contributed by atoms with Crippen molar-refractivity contribution >= 4 is 5.91 Å². The van der Waals surface area contributed by atoms with Crippen molar-refractivity contribution < 1.29 is 4.79 Å². The van der Waals surface area contributed by atoms with Crippen molar-refractivity contribution in [1.82, 2.24) is 15.5 Å². The van der Waals surface area contributed by atoms with E-state index in [1.165, 1.54) is 32.1 Å². The van der Waals surface area contributed by atoms with Gasteiger partial charge in [0, 0.05) is 18.6 Å². The Morgan fingerprint density at radius 3 is 2.40 bits per heavy atom. The third-order valence-electron chi connectivity index (χ3n) is 4.25. The molecule has 0 aliphatic heterocycles. The third kappa shape index (κ3) is 6.71. The lowest BCUT2D eigenvalue weighted by atomic mass is 9.90. The maximum absolute atomic E-state index is 11.8. The van der Waals surface area contributed by atoms with Gasteiger partial charge in [-0.15, -0.1) is 0 Å². The van der Waals surface area contributed by atoms with Crippen LogP contribution < -0.4 is 10.6 Å². The summed E-state index contributed by atoms with van der Waals surface area (Å²) in [6, 6.07) is 1.27. The summed E-state index contributed by atoms with van der Waals surface area (Å²) < 4.78 is 0. The van der Waals surface area contributed by atoms with Gasteiger partial charge in [-0.25, -0.2) is 0 Å². The molecule has 0 aromatic carbocycles. The molecule has 4 heteroatoms. The van der Waals surface area contributed by atoms with Gasteiger partial charge in [0.2, 0.25) is 5.91 Å². The average Bonchev–Trinajstić information content (AvgIpc) is 2.46. The number of carbonyl (C=O) groups excluding carboxylic acids is 1. The van der Waals surface area contributed by atoms with Crippen LogP contribution in [0.5, 0.6) is 0 Å². The number of nitrogens with one attached hydrogen (secondary N) is 2. The number of nitrogens with zero attached hydrogens (tertiary/aromatic N) is 1. The number of carbonyl (C=O) groups is 1. The van der Waals surface area contributed by atoms with Crippen LogP contribution in [0.3, 0.4) is 0 Å². The van der Waals surface area contributed by atoms with Gasteiger partial charge in [0.15, 0.2) is 0 Å². The normalized spacial score (nSPS) is 23.0. The molecule has 1 aliphatic carbocycles. The number of hydrogen-bond acceptors (Lipinski definition) is 3. The average molecular weight is 283 g/mol. The quantitative estimate of drug-likeness (QED) is 0.637. The van der Waals surface area contributed by atoms with Crippen LogP contribution in [0.25, 0.3) is 0 Å². The topological polar surface area (TPSA) is 44.4 Å². The van der Waals surface area contributed by atoms with Crippen molar-refractivity contribution in [3.63, 3.8) is 0 Å². The molecule has 0 bridgehead atoms. The largest absolute Gasteiger partial charge is 0.355 e. The highest BCUT2D eigenvalue weighted by molar-refractivity contribution is 5.77. The summed E-state index contributed by atoms with van der Waals surface area (Å²) in [7, 11) is 2.09. The van der Waals surface area contributed by atoms with Crippen molar-refractivity contribution in [2.75, 3.05) is 26.7 Å². The van der Waals surface area contributed by atoms with Gasteiger partial charge in [-0.2, -0.15) is 0 Å². The van der Waals surface area contributed by atoms with E-state index in [4.69, 9.17) is 0 Å². The molecule has 1 aliphatic rings. The first-order valence-corrected chi connectivity index (χ1v) is 8.37.